The van der Waals surface area contributed by atoms with E-state index in [-0.39, 0.29) is 37.4 Å². The third-order valence-electron chi connectivity index (χ3n) is 6.06. The van der Waals surface area contributed by atoms with Crippen LogP contribution in [0, 0.1) is 20.8 Å². The number of hydrogen-bond donors (Lipinski definition) is 1. The molecule has 0 bridgehead atoms. The lowest BCUT2D eigenvalue weighted by Crippen LogP contribution is -2.44. The SMILES string of the molecule is COc1ccc(S(=O)(=O)N2CCCC2CNC(=O)[C]2CCCCCCC2)c(OC)c1.[CH2].[CH2]. The average molecular weight is 466 g/mol. The van der Waals surface area contributed by atoms with Gasteiger partial charge in [0.15, 0.2) is 0 Å². The van der Waals surface area contributed by atoms with Crippen molar-refractivity contribution in [3.63, 3.8) is 0 Å². The van der Waals surface area contributed by atoms with E-state index in [2.05, 4.69) is 5.32 Å². The molecule has 1 aliphatic carbocycles. The number of sulfonamides is 1. The Morgan fingerprint density at radius 1 is 1.03 bits per heavy atom. The Kier molecular flexibility index (Phi) is 11.5. The normalized spacial score (nSPS) is 20.2. The molecule has 1 atom stereocenters. The van der Waals surface area contributed by atoms with Crippen LogP contribution in [0.15, 0.2) is 23.1 Å². The topological polar surface area (TPSA) is 84.9 Å². The highest BCUT2D eigenvalue weighted by Gasteiger charge is 2.37. The van der Waals surface area contributed by atoms with Crippen LogP contribution in [0.25, 0.3) is 0 Å². The molecule has 2 fully saturated rings. The van der Waals surface area contributed by atoms with Crippen molar-refractivity contribution in [2.75, 3.05) is 27.3 Å². The van der Waals surface area contributed by atoms with E-state index in [4.69, 9.17) is 9.47 Å². The summed E-state index contributed by atoms with van der Waals surface area (Å²) in [4.78, 5) is 12.8. The fourth-order valence-electron chi connectivity index (χ4n) is 4.34. The van der Waals surface area contributed by atoms with E-state index in [1.54, 1.807) is 12.1 Å². The van der Waals surface area contributed by atoms with Crippen molar-refractivity contribution in [3.05, 3.63) is 39.0 Å². The quantitative estimate of drug-likeness (QED) is 0.659. The number of rotatable bonds is 7. The van der Waals surface area contributed by atoms with E-state index in [0.29, 0.717) is 18.8 Å². The standard InChI is InChI=1S/C22H33N2O5S.2CH2/c1-28-19-12-13-21(20(15-19)29-2)30(26,27)24-14-8-11-18(24)16-23-22(25)17-9-6-4-3-5-7-10-17;;/h12-13,15,18H,3-11,14,16H2,1-2H3,(H,23,25);2*1H2. The van der Waals surface area contributed by atoms with Gasteiger partial charge in [0, 0.05) is 25.2 Å². The molecule has 1 N–H and O–H groups in total. The first-order valence-electron chi connectivity index (χ1n) is 10.8. The highest BCUT2D eigenvalue weighted by Crippen LogP contribution is 2.34. The Labute approximate surface area is 194 Å². The maximum absolute atomic E-state index is 13.3. The van der Waals surface area contributed by atoms with Crippen molar-refractivity contribution in [1.29, 1.82) is 0 Å². The number of hydrogen-bond acceptors (Lipinski definition) is 5. The highest BCUT2D eigenvalue weighted by atomic mass is 32.2. The minimum absolute atomic E-state index is 0. The van der Waals surface area contributed by atoms with Gasteiger partial charge in [0.1, 0.15) is 16.4 Å². The molecule has 8 heteroatoms. The predicted octanol–water partition coefficient (Wildman–Crippen LogP) is 3.95. The minimum atomic E-state index is -3.74. The lowest BCUT2D eigenvalue weighted by molar-refractivity contribution is -0.120. The molecule has 0 spiro atoms. The Hall–Kier alpha value is -1.80. The molecule has 7 nitrogen and oxygen atoms in total. The summed E-state index contributed by atoms with van der Waals surface area (Å²) in [5.41, 5.74) is 0. The van der Waals surface area contributed by atoms with Gasteiger partial charge >= 0.3 is 0 Å². The van der Waals surface area contributed by atoms with Gasteiger partial charge in [-0.1, -0.05) is 47.0 Å². The molecule has 1 heterocycles. The van der Waals surface area contributed by atoms with Crippen LogP contribution in [0.3, 0.4) is 0 Å². The van der Waals surface area contributed by atoms with Gasteiger partial charge in [-0.25, -0.2) is 8.42 Å². The van der Waals surface area contributed by atoms with Crippen LogP contribution in [0.2, 0.25) is 0 Å². The van der Waals surface area contributed by atoms with Crippen molar-refractivity contribution in [2.45, 2.75) is 68.7 Å². The van der Waals surface area contributed by atoms with Gasteiger partial charge in [-0.3, -0.25) is 4.79 Å². The van der Waals surface area contributed by atoms with Crippen LogP contribution in [-0.4, -0.2) is 52.0 Å². The molecule has 32 heavy (non-hydrogen) atoms. The molecule has 0 aromatic heterocycles. The first-order chi connectivity index (χ1) is 14.5. The number of ether oxygens (including phenoxy) is 2. The molecule has 1 unspecified atom stereocenters. The third kappa shape index (κ3) is 6.61. The first-order valence-corrected chi connectivity index (χ1v) is 12.3. The van der Waals surface area contributed by atoms with Gasteiger partial charge in [0.25, 0.3) is 0 Å². The molecular formula is C24H37N2O5S. The van der Waals surface area contributed by atoms with E-state index >= 15 is 0 Å². The summed E-state index contributed by atoms with van der Waals surface area (Å²) in [5.74, 6) is 1.74. The van der Waals surface area contributed by atoms with Crippen molar-refractivity contribution in [3.8, 4) is 11.5 Å². The van der Waals surface area contributed by atoms with E-state index in [1.807, 2.05) is 0 Å². The Bertz CT molecular complexity index is 820. The number of amides is 1. The van der Waals surface area contributed by atoms with Crippen molar-refractivity contribution >= 4 is 15.9 Å². The zero-order valence-corrected chi connectivity index (χ0v) is 20.2. The van der Waals surface area contributed by atoms with Gasteiger partial charge in [0.2, 0.25) is 15.9 Å². The van der Waals surface area contributed by atoms with Crippen molar-refractivity contribution < 1.29 is 22.7 Å². The molecule has 1 aromatic rings. The van der Waals surface area contributed by atoms with Crippen LogP contribution in [0.1, 0.15) is 57.8 Å². The van der Waals surface area contributed by atoms with Crippen LogP contribution >= 0.6 is 0 Å². The Morgan fingerprint density at radius 3 is 2.31 bits per heavy atom. The summed E-state index contributed by atoms with van der Waals surface area (Å²) in [6.07, 6.45) is 8.92. The highest BCUT2D eigenvalue weighted by molar-refractivity contribution is 7.89. The van der Waals surface area contributed by atoms with Gasteiger partial charge in [-0.15, -0.1) is 0 Å². The largest absolute Gasteiger partial charge is 0.497 e. The second kappa shape index (κ2) is 13.0. The predicted molar refractivity (Wildman–Crippen MR) is 126 cm³/mol. The number of carbonyl (C=O) groups excluding carboxylic acids is 1. The summed E-state index contributed by atoms with van der Waals surface area (Å²) >= 11 is 0. The lowest BCUT2D eigenvalue weighted by Gasteiger charge is -2.26. The second-order valence-corrected chi connectivity index (χ2v) is 9.87. The van der Waals surface area contributed by atoms with Crippen LogP contribution in [0.4, 0.5) is 0 Å². The first kappa shape index (κ1) is 28.2. The molecule has 1 amide bonds. The zero-order valence-electron chi connectivity index (χ0n) is 19.4. The Balaban J connectivity index is 0.00000256. The van der Waals surface area contributed by atoms with Gasteiger partial charge in [-0.05, 0) is 37.8 Å². The number of methoxy groups -OCH3 is 2. The van der Waals surface area contributed by atoms with Gasteiger partial charge < -0.3 is 14.8 Å². The van der Waals surface area contributed by atoms with E-state index in [1.165, 1.54) is 43.9 Å². The summed E-state index contributed by atoms with van der Waals surface area (Å²) in [7, 11) is -0.774. The lowest BCUT2D eigenvalue weighted by atomic mass is 9.90. The number of nitrogens with one attached hydrogen (secondary N) is 1. The zero-order chi connectivity index (χ0) is 21.6. The molecule has 5 radical (unpaired) electrons. The monoisotopic (exact) mass is 465 g/mol. The summed E-state index contributed by atoms with van der Waals surface area (Å²) in [5, 5.41) is 3.01. The number of benzene rings is 1. The van der Waals surface area contributed by atoms with Crippen LogP contribution in [0.5, 0.6) is 11.5 Å². The molecule has 2 aliphatic rings. The van der Waals surface area contributed by atoms with E-state index in [9.17, 15) is 13.2 Å². The van der Waals surface area contributed by atoms with E-state index in [0.717, 1.165) is 44.4 Å². The second-order valence-electron chi connectivity index (χ2n) is 8.01. The van der Waals surface area contributed by atoms with Crippen molar-refractivity contribution in [1.82, 2.24) is 9.62 Å². The molecule has 1 saturated heterocycles. The number of carbonyl (C=O) groups is 1. The van der Waals surface area contributed by atoms with Crippen LogP contribution < -0.4 is 14.8 Å². The van der Waals surface area contributed by atoms with Gasteiger partial charge in [-0.2, -0.15) is 4.31 Å². The molecule has 3 rings (SSSR count). The smallest absolute Gasteiger partial charge is 0.247 e. The average Bonchev–Trinajstić information content (AvgIpc) is 3.21. The molecule has 179 valence electrons. The molecule has 1 aromatic carbocycles. The summed E-state index contributed by atoms with van der Waals surface area (Å²) in [6.45, 7) is 0.772. The number of nitrogens with zero attached hydrogens (tertiary/aromatic N) is 1. The van der Waals surface area contributed by atoms with E-state index < -0.39 is 10.0 Å². The summed E-state index contributed by atoms with van der Waals surface area (Å²) < 4.78 is 38.7. The molecule has 1 aliphatic heterocycles. The summed E-state index contributed by atoms with van der Waals surface area (Å²) in [6, 6.07) is 4.46. The third-order valence-corrected chi connectivity index (χ3v) is 8.05. The van der Waals surface area contributed by atoms with Crippen LogP contribution in [-0.2, 0) is 14.8 Å². The Morgan fingerprint density at radius 2 is 1.69 bits per heavy atom. The maximum Gasteiger partial charge on any atom is 0.247 e. The fraction of sp³-hybridized carbons (Fsp3) is 0.583. The van der Waals surface area contributed by atoms with Crippen molar-refractivity contribution in [2.24, 2.45) is 0 Å². The molecular weight excluding hydrogens is 428 g/mol. The maximum atomic E-state index is 13.3. The molecule has 1 saturated carbocycles. The minimum Gasteiger partial charge on any atom is -0.497 e. The fourth-order valence-corrected chi connectivity index (χ4v) is 6.17. The van der Waals surface area contributed by atoms with Gasteiger partial charge in [0.05, 0.1) is 20.1 Å².